The van der Waals surface area contributed by atoms with Gasteiger partial charge < -0.3 is 15.0 Å². The molecule has 1 aromatic carbocycles. The molecular formula is C22H26N4O3S. The minimum atomic E-state index is -0.245. The summed E-state index contributed by atoms with van der Waals surface area (Å²) in [6.07, 6.45) is 0. The Labute approximate surface area is 179 Å². The number of carbonyl (C=O) groups is 1. The topological polar surface area (TPSA) is 76.5 Å². The summed E-state index contributed by atoms with van der Waals surface area (Å²) in [6, 6.07) is 14.8. The number of ether oxygens (including phenoxy) is 1. The number of amides is 1. The number of rotatable bonds is 10. The van der Waals surface area contributed by atoms with Gasteiger partial charge in [0.1, 0.15) is 11.4 Å². The fourth-order valence-electron chi connectivity index (χ4n) is 3.02. The van der Waals surface area contributed by atoms with Crippen LogP contribution < -0.4 is 20.5 Å². The molecule has 8 heteroatoms. The fourth-order valence-corrected chi connectivity index (χ4v) is 3.72. The first-order chi connectivity index (χ1) is 14.6. The van der Waals surface area contributed by atoms with Gasteiger partial charge in [0.05, 0.1) is 11.4 Å². The number of anilines is 1. The van der Waals surface area contributed by atoms with Gasteiger partial charge in [0.15, 0.2) is 6.61 Å². The van der Waals surface area contributed by atoms with Crippen LogP contribution in [0.3, 0.4) is 0 Å². The average molecular weight is 427 g/mol. The zero-order valence-electron chi connectivity index (χ0n) is 17.2. The van der Waals surface area contributed by atoms with Crippen molar-refractivity contribution in [2.75, 3.05) is 31.1 Å². The Balaban J connectivity index is 1.49. The first kappa shape index (κ1) is 21.6. The van der Waals surface area contributed by atoms with Crippen LogP contribution in [0.15, 0.2) is 58.7 Å². The summed E-state index contributed by atoms with van der Waals surface area (Å²) in [5.74, 6) is 0.404. The molecule has 158 valence electrons. The molecule has 0 unspecified atom stereocenters. The molecule has 0 aliphatic carbocycles. The van der Waals surface area contributed by atoms with Gasteiger partial charge in [-0.1, -0.05) is 12.1 Å². The number of aromatic nitrogens is 2. The van der Waals surface area contributed by atoms with Gasteiger partial charge in [-0.05, 0) is 43.5 Å². The molecule has 0 fully saturated rings. The van der Waals surface area contributed by atoms with E-state index in [9.17, 15) is 9.59 Å². The highest BCUT2D eigenvalue weighted by molar-refractivity contribution is 7.13. The highest BCUT2D eigenvalue weighted by Crippen LogP contribution is 2.21. The van der Waals surface area contributed by atoms with Crippen LogP contribution in [0.5, 0.6) is 5.75 Å². The number of nitrogens with zero attached hydrogens (tertiary/aromatic N) is 3. The van der Waals surface area contributed by atoms with Gasteiger partial charge in [0, 0.05) is 37.5 Å². The van der Waals surface area contributed by atoms with E-state index < -0.39 is 0 Å². The van der Waals surface area contributed by atoms with Crippen LogP contribution in [0.25, 0.3) is 10.6 Å². The third-order valence-corrected chi connectivity index (χ3v) is 5.49. The Morgan fingerprint density at radius 2 is 2.00 bits per heavy atom. The molecule has 0 saturated carbocycles. The Bertz CT molecular complexity index is 1010. The zero-order chi connectivity index (χ0) is 21.3. The number of benzene rings is 1. The van der Waals surface area contributed by atoms with Gasteiger partial charge in [0.25, 0.3) is 11.5 Å². The van der Waals surface area contributed by atoms with E-state index in [1.807, 2.05) is 41.8 Å². The van der Waals surface area contributed by atoms with Crippen molar-refractivity contribution in [2.45, 2.75) is 20.4 Å². The van der Waals surface area contributed by atoms with E-state index in [0.29, 0.717) is 18.8 Å². The number of carbonyl (C=O) groups excluding carboxylic acids is 1. The van der Waals surface area contributed by atoms with Crippen molar-refractivity contribution in [2.24, 2.45) is 0 Å². The summed E-state index contributed by atoms with van der Waals surface area (Å²) in [4.78, 5) is 27.4. The van der Waals surface area contributed by atoms with Crippen molar-refractivity contribution >= 4 is 22.9 Å². The molecule has 1 amide bonds. The molecule has 30 heavy (non-hydrogen) atoms. The second kappa shape index (κ2) is 10.6. The molecule has 2 aromatic heterocycles. The Morgan fingerprint density at radius 3 is 2.73 bits per heavy atom. The standard InChI is InChI=1S/C22H26N4O3S/c1-3-25(4-2)17-7-5-8-18(15-17)29-16-21(27)23-12-13-26-22(28)11-10-19(24-26)20-9-6-14-30-20/h5-11,14-15H,3-4,12-13,16H2,1-2H3,(H,23,27). The molecule has 0 spiro atoms. The van der Waals surface area contributed by atoms with Gasteiger partial charge in [-0.3, -0.25) is 9.59 Å². The van der Waals surface area contributed by atoms with E-state index in [0.717, 1.165) is 29.3 Å². The Hall–Kier alpha value is -3.13. The lowest BCUT2D eigenvalue weighted by Gasteiger charge is -2.21. The van der Waals surface area contributed by atoms with E-state index >= 15 is 0 Å². The predicted octanol–water partition coefficient (Wildman–Crippen LogP) is 3.01. The molecule has 0 atom stereocenters. The predicted molar refractivity (Wildman–Crippen MR) is 120 cm³/mol. The summed E-state index contributed by atoms with van der Waals surface area (Å²) >= 11 is 1.56. The van der Waals surface area contributed by atoms with E-state index in [1.165, 1.54) is 10.7 Å². The van der Waals surface area contributed by atoms with Crippen molar-refractivity contribution in [3.8, 4) is 16.3 Å². The molecule has 1 N–H and O–H groups in total. The molecule has 2 heterocycles. The van der Waals surface area contributed by atoms with Crippen molar-refractivity contribution in [3.63, 3.8) is 0 Å². The highest BCUT2D eigenvalue weighted by atomic mass is 32.1. The Kier molecular flexibility index (Phi) is 7.62. The molecule has 0 aliphatic heterocycles. The summed E-state index contributed by atoms with van der Waals surface area (Å²) in [5.41, 5.74) is 1.61. The summed E-state index contributed by atoms with van der Waals surface area (Å²) in [7, 11) is 0. The number of hydrogen-bond donors (Lipinski definition) is 1. The maximum Gasteiger partial charge on any atom is 0.266 e. The molecule has 0 bridgehead atoms. The molecule has 0 aliphatic rings. The lowest BCUT2D eigenvalue weighted by molar-refractivity contribution is -0.123. The van der Waals surface area contributed by atoms with Crippen LogP contribution in [0.1, 0.15) is 13.8 Å². The quantitative estimate of drug-likeness (QED) is 0.539. The molecule has 7 nitrogen and oxygen atoms in total. The van der Waals surface area contributed by atoms with Gasteiger partial charge in [-0.25, -0.2) is 4.68 Å². The molecule has 3 rings (SSSR count). The van der Waals surface area contributed by atoms with Crippen molar-refractivity contribution in [3.05, 3.63) is 64.3 Å². The monoisotopic (exact) mass is 426 g/mol. The van der Waals surface area contributed by atoms with Crippen LogP contribution in [0, 0.1) is 0 Å². The van der Waals surface area contributed by atoms with Crippen LogP contribution in [-0.2, 0) is 11.3 Å². The zero-order valence-corrected chi connectivity index (χ0v) is 18.0. The normalized spacial score (nSPS) is 10.6. The first-order valence-electron chi connectivity index (χ1n) is 9.97. The van der Waals surface area contributed by atoms with Gasteiger partial charge >= 0.3 is 0 Å². The number of nitrogens with one attached hydrogen (secondary N) is 1. The number of thiophene rings is 1. The second-order valence-electron chi connectivity index (χ2n) is 6.57. The van der Waals surface area contributed by atoms with Gasteiger partial charge in [-0.15, -0.1) is 11.3 Å². The first-order valence-corrected chi connectivity index (χ1v) is 10.8. The van der Waals surface area contributed by atoms with Crippen LogP contribution >= 0.6 is 11.3 Å². The molecule has 0 saturated heterocycles. The van der Waals surface area contributed by atoms with E-state index in [1.54, 1.807) is 17.4 Å². The SMILES string of the molecule is CCN(CC)c1cccc(OCC(=O)NCCn2nc(-c3cccs3)ccc2=O)c1. The third kappa shape index (κ3) is 5.70. The average Bonchev–Trinajstić information content (AvgIpc) is 3.30. The van der Waals surface area contributed by atoms with Crippen LogP contribution in [0.2, 0.25) is 0 Å². The lowest BCUT2D eigenvalue weighted by atomic mass is 10.2. The largest absolute Gasteiger partial charge is 0.484 e. The molecule has 0 radical (unpaired) electrons. The fraction of sp³-hybridized carbons (Fsp3) is 0.318. The van der Waals surface area contributed by atoms with E-state index in [-0.39, 0.29) is 18.1 Å². The van der Waals surface area contributed by atoms with Gasteiger partial charge in [-0.2, -0.15) is 5.10 Å². The van der Waals surface area contributed by atoms with E-state index in [2.05, 4.69) is 29.2 Å². The smallest absolute Gasteiger partial charge is 0.266 e. The maximum absolute atomic E-state index is 12.1. The third-order valence-electron chi connectivity index (χ3n) is 4.60. The van der Waals surface area contributed by atoms with Crippen LogP contribution in [0.4, 0.5) is 5.69 Å². The maximum atomic E-state index is 12.1. The minimum Gasteiger partial charge on any atom is -0.484 e. The number of hydrogen-bond acceptors (Lipinski definition) is 6. The summed E-state index contributed by atoms with van der Waals surface area (Å²) in [6.45, 7) is 6.51. The van der Waals surface area contributed by atoms with Gasteiger partial charge in [0.2, 0.25) is 0 Å². The summed E-state index contributed by atoms with van der Waals surface area (Å²) in [5, 5.41) is 9.11. The molecular weight excluding hydrogens is 400 g/mol. The second-order valence-corrected chi connectivity index (χ2v) is 7.51. The molecule has 3 aromatic rings. The Morgan fingerprint density at radius 1 is 1.17 bits per heavy atom. The van der Waals surface area contributed by atoms with Crippen LogP contribution in [-0.4, -0.2) is 41.9 Å². The lowest BCUT2D eigenvalue weighted by Crippen LogP contribution is -2.34. The van der Waals surface area contributed by atoms with Crippen molar-refractivity contribution in [1.82, 2.24) is 15.1 Å². The highest BCUT2D eigenvalue weighted by Gasteiger charge is 2.07. The van der Waals surface area contributed by atoms with Crippen molar-refractivity contribution in [1.29, 1.82) is 0 Å². The summed E-state index contributed by atoms with van der Waals surface area (Å²) < 4.78 is 6.99. The minimum absolute atomic E-state index is 0.0841. The van der Waals surface area contributed by atoms with E-state index in [4.69, 9.17) is 4.74 Å². The van der Waals surface area contributed by atoms with Crippen molar-refractivity contribution < 1.29 is 9.53 Å².